The standard InChI is InChI=1S/C14H17BrCl2N4/c1-20(2)5-6-21-14(12(17)8-19-21)13(18)10-7-9(16)3-4-11(10)15/h3-4,7-8,13H,5-6,18H2,1-2H3. The third kappa shape index (κ3) is 3.99. The molecule has 0 aliphatic rings. The fourth-order valence-corrected chi connectivity index (χ4v) is 2.99. The van der Waals surface area contributed by atoms with E-state index in [0.717, 1.165) is 28.8 Å². The van der Waals surface area contributed by atoms with Gasteiger partial charge in [0, 0.05) is 16.0 Å². The summed E-state index contributed by atoms with van der Waals surface area (Å²) in [6, 6.07) is 5.14. The average molecular weight is 392 g/mol. The lowest BCUT2D eigenvalue weighted by atomic mass is 10.0. The highest BCUT2D eigenvalue weighted by atomic mass is 79.9. The predicted molar refractivity (Wildman–Crippen MR) is 91.0 cm³/mol. The molecule has 114 valence electrons. The van der Waals surface area contributed by atoms with Crippen molar-refractivity contribution in [3.63, 3.8) is 0 Å². The average Bonchev–Trinajstić information content (AvgIpc) is 2.79. The molecule has 1 unspecified atom stereocenters. The number of nitrogens with zero attached hydrogens (tertiary/aromatic N) is 3. The molecule has 0 saturated heterocycles. The van der Waals surface area contributed by atoms with Crippen molar-refractivity contribution in [2.45, 2.75) is 12.6 Å². The first kappa shape index (κ1) is 16.8. The minimum Gasteiger partial charge on any atom is -0.319 e. The molecule has 0 fully saturated rings. The second-order valence-corrected chi connectivity index (χ2v) is 6.75. The van der Waals surface area contributed by atoms with Crippen LogP contribution < -0.4 is 5.73 Å². The van der Waals surface area contributed by atoms with E-state index in [9.17, 15) is 0 Å². The van der Waals surface area contributed by atoms with Gasteiger partial charge in [-0.25, -0.2) is 0 Å². The summed E-state index contributed by atoms with van der Waals surface area (Å²) in [6.45, 7) is 1.58. The molecule has 4 nitrogen and oxygen atoms in total. The van der Waals surface area contributed by atoms with Crippen LogP contribution in [-0.2, 0) is 6.54 Å². The van der Waals surface area contributed by atoms with Gasteiger partial charge in [0.25, 0.3) is 0 Å². The van der Waals surface area contributed by atoms with Crippen LogP contribution in [0.25, 0.3) is 0 Å². The second kappa shape index (κ2) is 7.11. The number of nitrogens with two attached hydrogens (primary N) is 1. The second-order valence-electron chi connectivity index (χ2n) is 5.05. The zero-order valence-corrected chi connectivity index (χ0v) is 15.0. The summed E-state index contributed by atoms with van der Waals surface area (Å²) in [5.74, 6) is 0. The van der Waals surface area contributed by atoms with Gasteiger partial charge in [0.2, 0.25) is 0 Å². The van der Waals surface area contributed by atoms with Gasteiger partial charge in [-0.1, -0.05) is 39.1 Å². The lowest BCUT2D eigenvalue weighted by Crippen LogP contribution is -2.23. The molecular weight excluding hydrogens is 375 g/mol. The largest absolute Gasteiger partial charge is 0.319 e. The Labute approximate surface area is 142 Å². The van der Waals surface area contributed by atoms with Crippen molar-refractivity contribution < 1.29 is 0 Å². The van der Waals surface area contributed by atoms with Crippen molar-refractivity contribution >= 4 is 39.1 Å². The van der Waals surface area contributed by atoms with E-state index in [-0.39, 0.29) is 0 Å². The number of hydrogen-bond acceptors (Lipinski definition) is 3. The van der Waals surface area contributed by atoms with Crippen LogP contribution in [0.2, 0.25) is 10.0 Å². The maximum Gasteiger partial charge on any atom is 0.0837 e. The highest BCUT2D eigenvalue weighted by Gasteiger charge is 2.21. The Balaban J connectivity index is 2.36. The van der Waals surface area contributed by atoms with E-state index in [1.165, 1.54) is 0 Å². The number of halogens is 3. The van der Waals surface area contributed by atoms with Gasteiger partial charge < -0.3 is 10.6 Å². The van der Waals surface area contributed by atoms with Gasteiger partial charge in [-0.2, -0.15) is 5.10 Å². The molecule has 0 spiro atoms. The summed E-state index contributed by atoms with van der Waals surface area (Å²) in [5.41, 5.74) is 8.07. The SMILES string of the molecule is CN(C)CCn1ncc(Cl)c1C(N)c1cc(Cl)ccc1Br. The van der Waals surface area contributed by atoms with Crippen molar-refractivity contribution in [3.05, 3.63) is 50.2 Å². The zero-order valence-electron chi connectivity index (χ0n) is 11.9. The molecule has 1 atom stereocenters. The van der Waals surface area contributed by atoms with Gasteiger partial charge in [0.05, 0.1) is 29.5 Å². The fraction of sp³-hybridized carbons (Fsp3) is 0.357. The summed E-state index contributed by atoms with van der Waals surface area (Å²) in [4.78, 5) is 2.08. The molecule has 2 N–H and O–H groups in total. The van der Waals surface area contributed by atoms with Crippen molar-refractivity contribution in [1.82, 2.24) is 14.7 Å². The fourth-order valence-electron chi connectivity index (χ4n) is 2.05. The quantitative estimate of drug-likeness (QED) is 0.847. The molecule has 0 aliphatic carbocycles. The summed E-state index contributed by atoms with van der Waals surface area (Å²) in [5, 5.41) is 5.52. The molecule has 1 heterocycles. The summed E-state index contributed by atoms with van der Waals surface area (Å²) in [7, 11) is 4.02. The summed E-state index contributed by atoms with van der Waals surface area (Å²) < 4.78 is 2.75. The molecule has 1 aromatic heterocycles. The molecule has 0 aliphatic heterocycles. The van der Waals surface area contributed by atoms with E-state index in [2.05, 4.69) is 25.9 Å². The first-order valence-corrected chi connectivity index (χ1v) is 8.01. The topological polar surface area (TPSA) is 47.1 Å². The number of aromatic nitrogens is 2. The van der Waals surface area contributed by atoms with Gasteiger partial charge in [-0.3, -0.25) is 4.68 Å². The van der Waals surface area contributed by atoms with Crippen LogP contribution in [0.5, 0.6) is 0 Å². The molecule has 0 radical (unpaired) electrons. The number of likely N-dealkylation sites (N-methyl/N-ethyl adjacent to an activating group) is 1. The van der Waals surface area contributed by atoms with Crippen LogP contribution in [0.15, 0.2) is 28.9 Å². The van der Waals surface area contributed by atoms with Crippen molar-refractivity contribution in [2.75, 3.05) is 20.6 Å². The molecule has 1 aromatic carbocycles. The predicted octanol–water partition coefficient (Wildman–Crippen LogP) is 3.56. The van der Waals surface area contributed by atoms with Gasteiger partial charge in [-0.05, 0) is 37.9 Å². The van der Waals surface area contributed by atoms with Crippen molar-refractivity contribution in [1.29, 1.82) is 0 Å². The minimum absolute atomic E-state index is 0.393. The van der Waals surface area contributed by atoms with E-state index >= 15 is 0 Å². The smallest absolute Gasteiger partial charge is 0.0837 e. The Morgan fingerprint density at radius 2 is 2.10 bits per heavy atom. The maximum absolute atomic E-state index is 6.39. The van der Waals surface area contributed by atoms with Crippen LogP contribution in [0.3, 0.4) is 0 Å². The Kier molecular flexibility index (Phi) is 5.68. The highest BCUT2D eigenvalue weighted by molar-refractivity contribution is 9.10. The minimum atomic E-state index is -0.393. The zero-order chi connectivity index (χ0) is 15.6. The lowest BCUT2D eigenvalue weighted by Gasteiger charge is -2.18. The first-order chi connectivity index (χ1) is 9.90. The molecule has 0 saturated carbocycles. The van der Waals surface area contributed by atoms with E-state index in [4.69, 9.17) is 28.9 Å². The molecule has 7 heteroatoms. The molecule has 0 amide bonds. The van der Waals surface area contributed by atoms with Gasteiger partial charge in [-0.15, -0.1) is 0 Å². The molecule has 0 bridgehead atoms. The van der Waals surface area contributed by atoms with E-state index < -0.39 is 6.04 Å². The normalized spacial score (nSPS) is 12.9. The Morgan fingerprint density at radius 1 is 1.38 bits per heavy atom. The molecule has 2 rings (SSSR count). The van der Waals surface area contributed by atoms with Crippen molar-refractivity contribution in [2.24, 2.45) is 5.73 Å². The van der Waals surface area contributed by atoms with Gasteiger partial charge >= 0.3 is 0 Å². The van der Waals surface area contributed by atoms with E-state index in [0.29, 0.717) is 10.0 Å². The number of rotatable bonds is 5. The number of hydrogen-bond donors (Lipinski definition) is 1. The Hall–Kier alpha value is -0.590. The van der Waals surface area contributed by atoms with Crippen LogP contribution in [0.4, 0.5) is 0 Å². The third-order valence-corrected chi connectivity index (χ3v) is 4.43. The third-order valence-electron chi connectivity index (χ3n) is 3.18. The number of benzene rings is 1. The lowest BCUT2D eigenvalue weighted by molar-refractivity contribution is 0.368. The molecular formula is C14H17BrCl2N4. The van der Waals surface area contributed by atoms with Crippen LogP contribution >= 0.6 is 39.1 Å². The van der Waals surface area contributed by atoms with Crippen molar-refractivity contribution in [3.8, 4) is 0 Å². The van der Waals surface area contributed by atoms with E-state index in [1.807, 2.05) is 37.0 Å². The monoisotopic (exact) mass is 390 g/mol. The van der Waals surface area contributed by atoms with Gasteiger partial charge in [0.1, 0.15) is 0 Å². The highest BCUT2D eigenvalue weighted by Crippen LogP contribution is 2.32. The molecule has 21 heavy (non-hydrogen) atoms. The summed E-state index contributed by atoms with van der Waals surface area (Å²) in [6.07, 6.45) is 1.63. The van der Waals surface area contributed by atoms with Crippen LogP contribution in [0.1, 0.15) is 17.3 Å². The Bertz CT molecular complexity index is 627. The van der Waals surface area contributed by atoms with Crippen LogP contribution in [0, 0.1) is 0 Å². The maximum atomic E-state index is 6.39. The van der Waals surface area contributed by atoms with Crippen LogP contribution in [-0.4, -0.2) is 35.3 Å². The molecule has 2 aromatic rings. The van der Waals surface area contributed by atoms with E-state index in [1.54, 1.807) is 6.20 Å². The summed E-state index contributed by atoms with van der Waals surface area (Å²) >= 11 is 15.8. The van der Waals surface area contributed by atoms with Gasteiger partial charge in [0.15, 0.2) is 0 Å². The Morgan fingerprint density at radius 3 is 2.76 bits per heavy atom. The first-order valence-electron chi connectivity index (χ1n) is 6.46.